The molecule has 0 spiro atoms. The SMILES string of the molecule is CC1CCCC(NCc2ccc(OC(F)F)cc2)C1. The molecule has 0 aliphatic heterocycles. The molecular formula is C15H21F2NO. The van der Waals surface area contributed by atoms with Gasteiger partial charge in [-0.25, -0.2) is 0 Å². The van der Waals surface area contributed by atoms with Gasteiger partial charge in [0, 0.05) is 12.6 Å². The number of benzene rings is 1. The van der Waals surface area contributed by atoms with E-state index in [4.69, 9.17) is 0 Å². The molecule has 1 saturated carbocycles. The Balaban J connectivity index is 1.79. The summed E-state index contributed by atoms with van der Waals surface area (Å²) in [5.74, 6) is 1.01. The van der Waals surface area contributed by atoms with Crippen molar-refractivity contribution in [2.45, 2.75) is 51.8 Å². The lowest BCUT2D eigenvalue weighted by atomic mass is 9.87. The summed E-state index contributed by atoms with van der Waals surface area (Å²) in [4.78, 5) is 0. The van der Waals surface area contributed by atoms with E-state index in [2.05, 4.69) is 17.0 Å². The third-order valence-corrected chi connectivity index (χ3v) is 3.68. The first-order valence-electron chi connectivity index (χ1n) is 6.90. The van der Waals surface area contributed by atoms with Crippen molar-refractivity contribution in [2.75, 3.05) is 0 Å². The second-order valence-electron chi connectivity index (χ2n) is 5.37. The van der Waals surface area contributed by atoms with Crippen molar-refractivity contribution in [1.82, 2.24) is 5.32 Å². The van der Waals surface area contributed by atoms with Gasteiger partial charge >= 0.3 is 6.61 Å². The van der Waals surface area contributed by atoms with Gasteiger partial charge in [-0.1, -0.05) is 31.9 Å². The van der Waals surface area contributed by atoms with Crippen LogP contribution in [0.3, 0.4) is 0 Å². The van der Waals surface area contributed by atoms with Gasteiger partial charge in [0.15, 0.2) is 0 Å². The van der Waals surface area contributed by atoms with Crippen molar-refractivity contribution in [3.8, 4) is 5.75 Å². The molecule has 0 heterocycles. The van der Waals surface area contributed by atoms with E-state index >= 15 is 0 Å². The second kappa shape index (κ2) is 6.85. The van der Waals surface area contributed by atoms with Crippen LogP contribution in [-0.4, -0.2) is 12.7 Å². The third-order valence-electron chi connectivity index (χ3n) is 3.68. The summed E-state index contributed by atoms with van der Waals surface area (Å²) < 4.78 is 28.4. The van der Waals surface area contributed by atoms with E-state index in [1.807, 2.05) is 12.1 Å². The Bertz CT molecular complexity index is 380. The molecular weight excluding hydrogens is 248 g/mol. The fraction of sp³-hybridized carbons (Fsp3) is 0.600. The summed E-state index contributed by atoms with van der Waals surface area (Å²) in [6, 6.07) is 7.42. The minimum Gasteiger partial charge on any atom is -0.435 e. The zero-order valence-electron chi connectivity index (χ0n) is 11.2. The Hall–Kier alpha value is -1.16. The molecule has 2 rings (SSSR count). The van der Waals surface area contributed by atoms with Crippen LogP contribution in [-0.2, 0) is 6.54 Å². The molecule has 1 fully saturated rings. The molecule has 2 atom stereocenters. The lowest BCUT2D eigenvalue weighted by molar-refractivity contribution is -0.0498. The van der Waals surface area contributed by atoms with Crippen molar-refractivity contribution >= 4 is 0 Å². The molecule has 2 nitrogen and oxygen atoms in total. The van der Waals surface area contributed by atoms with Crippen LogP contribution in [0.15, 0.2) is 24.3 Å². The first-order valence-corrected chi connectivity index (χ1v) is 6.90. The van der Waals surface area contributed by atoms with Gasteiger partial charge in [-0.2, -0.15) is 8.78 Å². The molecule has 4 heteroatoms. The Labute approximate surface area is 113 Å². The van der Waals surface area contributed by atoms with Gasteiger partial charge in [0.05, 0.1) is 0 Å². The Morgan fingerprint density at radius 2 is 2.00 bits per heavy atom. The Morgan fingerprint density at radius 3 is 2.63 bits per heavy atom. The average molecular weight is 269 g/mol. The topological polar surface area (TPSA) is 21.3 Å². The molecule has 0 amide bonds. The molecule has 0 bridgehead atoms. The van der Waals surface area contributed by atoms with E-state index in [0.29, 0.717) is 6.04 Å². The second-order valence-corrected chi connectivity index (χ2v) is 5.37. The largest absolute Gasteiger partial charge is 0.435 e. The van der Waals surface area contributed by atoms with Crippen LogP contribution >= 0.6 is 0 Å². The van der Waals surface area contributed by atoms with Crippen LogP contribution in [0.1, 0.15) is 38.2 Å². The number of rotatable bonds is 5. The van der Waals surface area contributed by atoms with E-state index in [1.165, 1.54) is 25.7 Å². The molecule has 1 N–H and O–H groups in total. The summed E-state index contributed by atoms with van der Waals surface area (Å²) in [5, 5.41) is 3.54. The summed E-state index contributed by atoms with van der Waals surface area (Å²) in [5.41, 5.74) is 1.10. The van der Waals surface area contributed by atoms with Crippen LogP contribution in [0, 0.1) is 5.92 Å². The molecule has 1 aromatic rings. The zero-order valence-corrected chi connectivity index (χ0v) is 11.2. The van der Waals surface area contributed by atoms with Gasteiger partial charge in [-0.05, 0) is 36.5 Å². The predicted molar refractivity (Wildman–Crippen MR) is 71.3 cm³/mol. The highest BCUT2D eigenvalue weighted by Gasteiger charge is 2.17. The van der Waals surface area contributed by atoms with Gasteiger partial charge < -0.3 is 10.1 Å². The molecule has 1 aromatic carbocycles. The minimum absolute atomic E-state index is 0.213. The van der Waals surface area contributed by atoms with E-state index in [1.54, 1.807) is 12.1 Å². The maximum absolute atomic E-state index is 12.0. The number of nitrogens with one attached hydrogen (secondary N) is 1. The minimum atomic E-state index is -2.76. The number of halogens is 2. The predicted octanol–water partition coefficient (Wildman–Crippen LogP) is 3.96. The van der Waals surface area contributed by atoms with Gasteiger partial charge in [0.25, 0.3) is 0 Å². The number of hydrogen-bond acceptors (Lipinski definition) is 2. The number of hydrogen-bond donors (Lipinski definition) is 1. The Morgan fingerprint density at radius 1 is 1.26 bits per heavy atom. The molecule has 106 valence electrons. The highest BCUT2D eigenvalue weighted by Crippen LogP contribution is 2.24. The standard InChI is InChI=1S/C15H21F2NO/c1-11-3-2-4-13(9-11)18-10-12-5-7-14(8-6-12)19-15(16)17/h5-8,11,13,15,18H,2-4,9-10H2,1H3. The van der Waals surface area contributed by atoms with E-state index in [9.17, 15) is 8.78 Å². The fourth-order valence-corrected chi connectivity index (χ4v) is 2.67. The van der Waals surface area contributed by atoms with Crippen LogP contribution in [0.5, 0.6) is 5.75 Å². The molecule has 0 radical (unpaired) electrons. The summed E-state index contributed by atoms with van der Waals surface area (Å²) in [6.07, 6.45) is 5.08. The van der Waals surface area contributed by atoms with Crippen molar-refractivity contribution < 1.29 is 13.5 Å². The quantitative estimate of drug-likeness (QED) is 0.873. The molecule has 19 heavy (non-hydrogen) atoms. The van der Waals surface area contributed by atoms with Crippen LogP contribution in [0.4, 0.5) is 8.78 Å². The normalized spacial score (nSPS) is 23.6. The smallest absolute Gasteiger partial charge is 0.387 e. The first kappa shape index (κ1) is 14.3. The average Bonchev–Trinajstić information content (AvgIpc) is 2.37. The number of alkyl halides is 2. The van der Waals surface area contributed by atoms with E-state index < -0.39 is 6.61 Å². The van der Waals surface area contributed by atoms with Crippen molar-refractivity contribution in [2.24, 2.45) is 5.92 Å². The lowest BCUT2D eigenvalue weighted by Crippen LogP contribution is -2.33. The van der Waals surface area contributed by atoms with Crippen LogP contribution in [0.2, 0.25) is 0 Å². The summed E-state index contributed by atoms with van der Waals surface area (Å²) >= 11 is 0. The molecule has 0 saturated heterocycles. The van der Waals surface area contributed by atoms with Crippen molar-refractivity contribution in [3.05, 3.63) is 29.8 Å². The molecule has 2 unspecified atom stereocenters. The van der Waals surface area contributed by atoms with Crippen molar-refractivity contribution in [1.29, 1.82) is 0 Å². The first-order chi connectivity index (χ1) is 9.13. The molecule has 1 aliphatic carbocycles. The lowest BCUT2D eigenvalue weighted by Gasteiger charge is -2.27. The maximum atomic E-state index is 12.0. The third kappa shape index (κ3) is 4.78. The fourth-order valence-electron chi connectivity index (χ4n) is 2.67. The summed E-state index contributed by atoms with van der Waals surface area (Å²) in [6.45, 7) is 0.323. The van der Waals surface area contributed by atoms with Gasteiger partial charge in [0.1, 0.15) is 5.75 Å². The van der Waals surface area contributed by atoms with Crippen LogP contribution < -0.4 is 10.1 Å². The molecule has 0 aromatic heterocycles. The maximum Gasteiger partial charge on any atom is 0.387 e. The Kier molecular flexibility index (Phi) is 5.14. The summed E-state index contributed by atoms with van der Waals surface area (Å²) in [7, 11) is 0. The van der Waals surface area contributed by atoms with Crippen molar-refractivity contribution in [3.63, 3.8) is 0 Å². The highest BCUT2D eigenvalue weighted by atomic mass is 19.3. The zero-order chi connectivity index (χ0) is 13.7. The van der Waals surface area contributed by atoms with Gasteiger partial charge in [-0.15, -0.1) is 0 Å². The number of ether oxygens (including phenoxy) is 1. The van der Waals surface area contributed by atoms with Gasteiger partial charge in [0.2, 0.25) is 0 Å². The van der Waals surface area contributed by atoms with E-state index in [0.717, 1.165) is 18.0 Å². The highest BCUT2D eigenvalue weighted by molar-refractivity contribution is 5.27. The van der Waals surface area contributed by atoms with E-state index in [-0.39, 0.29) is 5.75 Å². The van der Waals surface area contributed by atoms with Gasteiger partial charge in [-0.3, -0.25) is 0 Å². The molecule has 1 aliphatic rings. The van der Waals surface area contributed by atoms with Crippen LogP contribution in [0.25, 0.3) is 0 Å². The monoisotopic (exact) mass is 269 g/mol.